The first kappa shape index (κ1) is 35.5. The Morgan fingerprint density at radius 1 is 0.349 bits per heavy atom. The highest BCUT2D eigenvalue weighted by atomic mass is 28.5. The zero-order valence-electron chi connectivity index (χ0n) is 26.6. The summed E-state index contributed by atoms with van der Waals surface area (Å²) in [6, 6.07) is 30.0. The van der Waals surface area contributed by atoms with E-state index in [1.807, 2.05) is 91.0 Å². The van der Waals surface area contributed by atoms with Crippen LogP contribution in [-0.2, 0) is 30.4 Å². The minimum absolute atomic E-state index is 0.419. The molecule has 0 aromatic heterocycles. The molecule has 0 amide bonds. The first-order chi connectivity index (χ1) is 21.0. The normalized spacial score (nSPS) is 12.5. The van der Waals surface area contributed by atoms with Crippen LogP contribution in [0.15, 0.2) is 91.0 Å². The Bertz CT molecular complexity index is 1060. The van der Waals surface area contributed by atoms with Gasteiger partial charge >= 0.3 is 26.4 Å². The summed E-state index contributed by atoms with van der Waals surface area (Å²) in [4.78, 5) is 0. The third kappa shape index (κ3) is 9.76. The minimum atomic E-state index is -3.91. The summed E-state index contributed by atoms with van der Waals surface area (Å²) in [6.07, 6.45) is 3.99. The van der Waals surface area contributed by atoms with Gasteiger partial charge in [0.1, 0.15) is 0 Å². The molecule has 3 rings (SSSR count). The van der Waals surface area contributed by atoms with Gasteiger partial charge in [-0.1, -0.05) is 126 Å². The van der Waals surface area contributed by atoms with Crippen LogP contribution in [0.3, 0.4) is 0 Å². The summed E-state index contributed by atoms with van der Waals surface area (Å²) >= 11 is 0. The van der Waals surface area contributed by atoms with E-state index in [2.05, 4.69) is 34.6 Å². The molecule has 3 aromatic rings. The monoisotopic (exact) mass is 642 g/mol. The van der Waals surface area contributed by atoms with E-state index in [9.17, 15) is 0 Å². The topological polar surface area (TPSA) is 64.6 Å². The van der Waals surface area contributed by atoms with E-state index in [1.54, 1.807) is 0 Å². The van der Waals surface area contributed by atoms with Crippen molar-refractivity contribution < 1.29 is 30.4 Å². The first-order valence-corrected chi connectivity index (χ1v) is 21.0. The molecule has 3 aromatic carbocycles. The van der Waals surface area contributed by atoms with Crippen molar-refractivity contribution in [2.45, 2.75) is 66.7 Å². The van der Waals surface area contributed by atoms with Gasteiger partial charge in [0.2, 0.25) is 0 Å². The molecule has 0 aliphatic rings. The van der Waals surface area contributed by atoms with Gasteiger partial charge in [-0.25, -0.2) is 0 Å². The molecule has 43 heavy (non-hydrogen) atoms. The van der Waals surface area contributed by atoms with E-state index in [1.165, 1.54) is 0 Å². The van der Waals surface area contributed by atoms with Crippen molar-refractivity contribution >= 4 is 42.0 Å². The summed E-state index contributed by atoms with van der Waals surface area (Å²) < 4.78 is 48.5. The fourth-order valence-electron chi connectivity index (χ4n) is 4.40. The highest BCUT2D eigenvalue weighted by Crippen LogP contribution is 2.27. The molecule has 0 heterocycles. The Kier molecular flexibility index (Phi) is 15.5. The largest absolute Gasteiger partial charge is 0.530 e. The Balaban J connectivity index is 2.33. The maximum atomic E-state index is 7.40. The van der Waals surface area contributed by atoms with E-state index in [-0.39, 0.29) is 0 Å². The smallest absolute Gasteiger partial charge is 0.371 e. The Hall–Kier alpha value is -1.97. The highest BCUT2D eigenvalue weighted by molar-refractivity contribution is 6.93. The quantitative estimate of drug-likeness (QED) is 0.131. The van der Waals surface area contributed by atoms with Crippen molar-refractivity contribution in [1.82, 2.24) is 0 Å². The lowest BCUT2D eigenvalue weighted by atomic mass is 10.4. The van der Waals surface area contributed by atoms with E-state index >= 15 is 0 Å². The molecule has 0 N–H and O–H groups in total. The molecule has 0 bridgehead atoms. The molecule has 0 atom stereocenters. The molecule has 0 spiro atoms. The molecule has 0 fully saturated rings. The van der Waals surface area contributed by atoms with Crippen LogP contribution in [0, 0.1) is 0 Å². The summed E-state index contributed by atoms with van der Waals surface area (Å²) in [5.41, 5.74) is 0. The van der Waals surface area contributed by atoms with Crippen LogP contribution in [0.1, 0.15) is 66.7 Å². The second kappa shape index (κ2) is 18.7. The van der Waals surface area contributed by atoms with E-state index < -0.39 is 26.4 Å². The van der Waals surface area contributed by atoms with Crippen molar-refractivity contribution in [3.63, 3.8) is 0 Å². The van der Waals surface area contributed by atoms with Crippen LogP contribution in [0.5, 0.6) is 0 Å². The van der Waals surface area contributed by atoms with Crippen LogP contribution in [0.25, 0.3) is 0 Å². The third-order valence-electron chi connectivity index (χ3n) is 6.40. The first-order valence-electron chi connectivity index (χ1n) is 15.8. The van der Waals surface area contributed by atoms with E-state index in [0.29, 0.717) is 33.0 Å². The van der Waals surface area contributed by atoms with Gasteiger partial charge in [0, 0.05) is 48.6 Å². The number of hydrogen-bond donors (Lipinski definition) is 0. The van der Waals surface area contributed by atoms with Crippen molar-refractivity contribution in [2.75, 3.05) is 33.0 Å². The van der Waals surface area contributed by atoms with Crippen molar-refractivity contribution in [3.8, 4) is 0 Å². The van der Waals surface area contributed by atoms with Gasteiger partial charge < -0.3 is 30.4 Å². The van der Waals surface area contributed by atoms with Gasteiger partial charge in [0.25, 0.3) is 0 Å². The van der Waals surface area contributed by atoms with Crippen LogP contribution in [0.2, 0.25) is 0 Å². The third-order valence-corrected chi connectivity index (χ3v) is 16.7. The summed E-state index contributed by atoms with van der Waals surface area (Å²) in [5, 5.41) is 2.54. The van der Waals surface area contributed by atoms with E-state index in [0.717, 1.165) is 47.7 Å². The lowest BCUT2D eigenvalue weighted by Crippen LogP contribution is -2.74. The molecule has 0 saturated heterocycles. The van der Waals surface area contributed by atoms with Crippen LogP contribution >= 0.6 is 0 Å². The van der Waals surface area contributed by atoms with Crippen LogP contribution in [-0.4, -0.2) is 59.4 Å². The number of hydrogen-bond acceptors (Lipinski definition) is 7. The fraction of sp³-hybridized carbons (Fsp3) is 0.455. The second-order valence-corrected chi connectivity index (χ2v) is 18.4. The van der Waals surface area contributed by atoms with Crippen molar-refractivity contribution in [2.24, 2.45) is 0 Å². The molecule has 10 heteroatoms. The van der Waals surface area contributed by atoms with Gasteiger partial charge in [-0.3, -0.25) is 0 Å². The lowest BCUT2D eigenvalue weighted by Gasteiger charge is -2.42. The SMILES string of the molecule is CCCO[Si](OCCC)(O[Si](OCCC)(O[Si](OCCC)(OCCC)c1ccccc1)c1ccccc1)c1ccccc1. The van der Waals surface area contributed by atoms with Gasteiger partial charge in [-0.05, 0) is 32.1 Å². The Morgan fingerprint density at radius 3 is 0.837 bits per heavy atom. The zero-order chi connectivity index (χ0) is 30.9. The predicted molar refractivity (Wildman–Crippen MR) is 179 cm³/mol. The number of benzene rings is 3. The van der Waals surface area contributed by atoms with Crippen molar-refractivity contribution in [3.05, 3.63) is 91.0 Å². The molecule has 0 unspecified atom stereocenters. The fourth-order valence-corrected chi connectivity index (χ4v) is 16.2. The maximum Gasteiger partial charge on any atom is 0.530 e. The Labute approximate surface area is 262 Å². The molecule has 0 aliphatic carbocycles. The second-order valence-electron chi connectivity index (χ2n) is 10.2. The average Bonchev–Trinajstić information content (AvgIpc) is 3.07. The average molecular weight is 643 g/mol. The molecular weight excluding hydrogens is 593 g/mol. The zero-order valence-corrected chi connectivity index (χ0v) is 29.6. The van der Waals surface area contributed by atoms with Gasteiger partial charge in [-0.15, -0.1) is 0 Å². The molecule has 0 radical (unpaired) electrons. The molecule has 0 aliphatic heterocycles. The number of rotatable bonds is 22. The lowest BCUT2D eigenvalue weighted by molar-refractivity contribution is 0.0510. The molecular formula is C33H50O7Si3. The standard InChI is InChI=1S/C33H50O7Si3/c1-6-26-34-41(35-27-7-2,31-20-14-11-15-21-31)39-43(38-30-10-5,33-24-18-13-19-25-33)40-42(36-28-8-3,37-29-9-4)32-22-16-12-17-23-32/h11-25H,6-10,26-30H2,1-5H3. The van der Waals surface area contributed by atoms with Crippen LogP contribution in [0.4, 0.5) is 0 Å². The summed E-state index contributed by atoms with van der Waals surface area (Å²) in [5.74, 6) is 0. The molecule has 236 valence electrons. The van der Waals surface area contributed by atoms with Crippen molar-refractivity contribution in [1.29, 1.82) is 0 Å². The molecule has 7 nitrogen and oxygen atoms in total. The van der Waals surface area contributed by atoms with E-state index in [4.69, 9.17) is 30.4 Å². The summed E-state index contributed by atoms with van der Waals surface area (Å²) in [7, 11) is -11.1. The van der Waals surface area contributed by atoms with Gasteiger partial charge in [0.15, 0.2) is 0 Å². The predicted octanol–water partition coefficient (Wildman–Crippen LogP) is 5.69. The maximum absolute atomic E-state index is 7.40. The Morgan fingerprint density at radius 2 is 0.581 bits per heavy atom. The highest BCUT2D eigenvalue weighted by Gasteiger charge is 2.62. The summed E-state index contributed by atoms with van der Waals surface area (Å²) in [6.45, 7) is 12.7. The van der Waals surface area contributed by atoms with Gasteiger partial charge in [-0.2, -0.15) is 0 Å². The minimum Gasteiger partial charge on any atom is -0.371 e. The van der Waals surface area contributed by atoms with Crippen LogP contribution < -0.4 is 15.6 Å². The molecule has 0 saturated carbocycles. The van der Waals surface area contributed by atoms with Gasteiger partial charge in [0.05, 0.1) is 0 Å².